The van der Waals surface area contributed by atoms with E-state index in [0.717, 1.165) is 12.1 Å². The second-order valence-corrected chi connectivity index (χ2v) is 4.32. The lowest BCUT2D eigenvalue weighted by Gasteiger charge is -2.06. The largest absolute Gasteiger partial charge is 0.352 e. The smallest absolute Gasteiger partial charge is 0.260 e. The third-order valence-electron chi connectivity index (χ3n) is 2.31. The molecule has 1 aromatic rings. The Bertz CT molecular complexity index is 421. The number of carbonyl (C=O) groups is 1. The summed E-state index contributed by atoms with van der Waals surface area (Å²) >= 11 is 0. The summed E-state index contributed by atoms with van der Waals surface area (Å²) in [7, 11) is 0. The van der Waals surface area contributed by atoms with E-state index in [1.807, 2.05) is 0 Å². The fraction of sp³-hybridized carbons (Fsp3) is 0.500. The van der Waals surface area contributed by atoms with Crippen LogP contribution in [0.4, 0.5) is 0 Å². The maximum Gasteiger partial charge on any atom is 0.260 e. The SMILES string of the molecule is Cc1ccc(C(=O)NCCC(C)C)c(=O)[nH]1. The summed E-state index contributed by atoms with van der Waals surface area (Å²) in [5.74, 6) is 0.235. The van der Waals surface area contributed by atoms with Gasteiger partial charge in [0.05, 0.1) is 0 Å². The Kier molecular flexibility index (Phi) is 4.28. The van der Waals surface area contributed by atoms with Gasteiger partial charge in [0.15, 0.2) is 0 Å². The van der Waals surface area contributed by atoms with Crippen molar-refractivity contribution in [2.45, 2.75) is 27.2 Å². The van der Waals surface area contributed by atoms with Crippen molar-refractivity contribution in [3.8, 4) is 0 Å². The number of carbonyl (C=O) groups excluding carboxylic acids is 1. The molecule has 0 fully saturated rings. The molecule has 88 valence electrons. The highest BCUT2D eigenvalue weighted by Crippen LogP contribution is 1.98. The molecule has 0 radical (unpaired) electrons. The number of aromatic nitrogens is 1. The number of rotatable bonds is 4. The molecule has 0 aromatic carbocycles. The first-order valence-corrected chi connectivity index (χ1v) is 5.49. The number of hydrogen-bond acceptors (Lipinski definition) is 2. The Morgan fingerprint density at radius 3 is 2.69 bits per heavy atom. The van der Waals surface area contributed by atoms with Crippen LogP contribution >= 0.6 is 0 Å². The minimum atomic E-state index is -0.331. The van der Waals surface area contributed by atoms with Crippen molar-refractivity contribution in [3.63, 3.8) is 0 Å². The highest BCUT2D eigenvalue weighted by atomic mass is 16.2. The number of pyridine rings is 1. The Hall–Kier alpha value is -1.58. The van der Waals surface area contributed by atoms with Gasteiger partial charge in [-0.25, -0.2) is 0 Å². The number of hydrogen-bond donors (Lipinski definition) is 2. The molecule has 1 heterocycles. The third-order valence-corrected chi connectivity index (χ3v) is 2.31. The van der Waals surface area contributed by atoms with Crippen LogP contribution in [0.3, 0.4) is 0 Å². The first-order valence-electron chi connectivity index (χ1n) is 5.49. The Morgan fingerprint density at radius 2 is 2.12 bits per heavy atom. The van der Waals surface area contributed by atoms with Gasteiger partial charge in [-0.1, -0.05) is 13.8 Å². The molecule has 4 nitrogen and oxygen atoms in total. The highest BCUT2D eigenvalue weighted by Gasteiger charge is 2.09. The first kappa shape index (κ1) is 12.5. The van der Waals surface area contributed by atoms with Crippen molar-refractivity contribution >= 4 is 5.91 Å². The van der Waals surface area contributed by atoms with Crippen LogP contribution < -0.4 is 10.9 Å². The number of aromatic amines is 1. The summed E-state index contributed by atoms with van der Waals surface area (Å²) < 4.78 is 0. The van der Waals surface area contributed by atoms with E-state index in [1.54, 1.807) is 19.1 Å². The highest BCUT2D eigenvalue weighted by molar-refractivity contribution is 5.93. The molecule has 0 saturated heterocycles. The van der Waals surface area contributed by atoms with Gasteiger partial charge in [0.25, 0.3) is 11.5 Å². The van der Waals surface area contributed by atoms with Gasteiger partial charge in [0.2, 0.25) is 0 Å². The van der Waals surface area contributed by atoms with Crippen LogP contribution in [-0.2, 0) is 0 Å². The van der Waals surface area contributed by atoms with Crippen LogP contribution in [0.1, 0.15) is 36.3 Å². The number of aryl methyl sites for hydroxylation is 1. The summed E-state index contributed by atoms with van der Waals surface area (Å²) in [6.45, 7) is 6.56. The molecular formula is C12H18N2O2. The monoisotopic (exact) mass is 222 g/mol. The van der Waals surface area contributed by atoms with Crippen molar-refractivity contribution < 1.29 is 4.79 Å². The molecule has 1 rings (SSSR count). The lowest BCUT2D eigenvalue weighted by atomic mass is 10.1. The van der Waals surface area contributed by atoms with E-state index < -0.39 is 0 Å². The lowest BCUT2D eigenvalue weighted by molar-refractivity contribution is 0.0950. The van der Waals surface area contributed by atoms with Crippen LogP contribution in [0.5, 0.6) is 0 Å². The topological polar surface area (TPSA) is 62.0 Å². The average molecular weight is 222 g/mol. The molecule has 0 unspecified atom stereocenters. The van der Waals surface area contributed by atoms with Gasteiger partial charge >= 0.3 is 0 Å². The quantitative estimate of drug-likeness (QED) is 0.810. The average Bonchev–Trinajstić information content (AvgIpc) is 2.16. The van der Waals surface area contributed by atoms with Crippen molar-refractivity contribution in [2.75, 3.05) is 6.54 Å². The second-order valence-electron chi connectivity index (χ2n) is 4.32. The number of amides is 1. The Balaban J connectivity index is 2.63. The predicted molar refractivity (Wildman–Crippen MR) is 63.6 cm³/mol. The Labute approximate surface area is 95.1 Å². The summed E-state index contributed by atoms with van der Waals surface area (Å²) in [4.78, 5) is 25.7. The summed E-state index contributed by atoms with van der Waals surface area (Å²) in [6.07, 6.45) is 0.912. The second kappa shape index (κ2) is 5.49. The van der Waals surface area contributed by atoms with Crippen LogP contribution in [0, 0.1) is 12.8 Å². The van der Waals surface area contributed by atoms with Crippen molar-refractivity contribution in [1.82, 2.24) is 10.3 Å². The maximum atomic E-state index is 11.6. The molecule has 0 spiro atoms. The van der Waals surface area contributed by atoms with E-state index in [2.05, 4.69) is 24.1 Å². The molecule has 0 aliphatic carbocycles. The van der Waals surface area contributed by atoms with Gasteiger partial charge in [-0.15, -0.1) is 0 Å². The molecule has 1 amide bonds. The molecule has 1 aromatic heterocycles. The molecule has 0 bridgehead atoms. The zero-order valence-electron chi connectivity index (χ0n) is 9.96. The predicted octanol–water partition coefficient (Wildman–Crippen LogP) is 1.46. The molecule has 0 atom stereocenters. The maximum absolute atomic E-state index is 11.6. The van der Waals surface area contributed by atoms with Crippen molar-refractivity contribution in [1.29, 1.82) is 0 Å². The van der Waals surface area contributed by atoms with Gasteiger partial charge in [-0.05, 0) is 31.4 Å². The summed E-state index contributed by atoms with van der Waals surface area (Å²) in [5, 5.41) is 2.73. The van der Waals surface area contributed by atoms with E-state index >= 15 is 0 Å². The standard InChI is InChI=1S/C12H18N2O2/c1-8(2)6-7-13-11(15)10-5-4-9(3)14-12(10)16/h4-5,8H,6-7H2,1-3H3,(H,13,15)(H,14,16). The minimum absolute atomic E-state index is 0.175. The van der Waals surface area contributed by atoms with E-state index in [0.29, 0.717) is 12.5 Å². The van der Waals surface area contributed by atoms with Crippen LogP contribution in [0.15, 0.2) is 16.9 Å². The first-order chi connectivity index (χ1) is 7.50. The summed E-state index contributed by atoms with van der Waals surface area (Å²) in [5.41, 5.74) is 0.597. The normalized spacial score (nSPS) is 10.5. The van der Waals surface area contributed by atoms with E-state index in [9.17, 15) is 9.59 Å². The van der Waals surface area contributed by atoms with Crippen LogP contribution in [0.2, 0.25) is 0 Å². The third kappa shape index (κ3) is 3.53. The zero-order valence-corrected chi connectivity index (χ0v) is 9.96. The minimum Gasteiger partial charge on any atom is -0.352 e. The molecule has 0 aliphatic rings. The Morgan fingerprint density at radius 1 is 1.44 bits per heavy atom. The fourth-order valence-electron chi connectivity index (χ4n) is 1.32. The number of nitrogens with one attached hydrogen (secondary N) is 2. The lowest BCUT2D eigenvalue weighted by Crippen LogP contribution is -2.30. The summed E-state index contributed by atoms with van der Waals surface area (Å²) in [6, 6.07) is 3.28. The van der Waals surface area contributed by atoms with Gasteiger partial charge in [0.1, 0.15) is 5.56 Å². The number of H-pyrrole nitrogens is 1. The van der Waals surface area contributed by atoms with Gasteiger partial charge in [0, 0.05) is 12.2 Å². The van der Waals surface area contributed by atoms with E-state index in [4.69, 9.17) is 0 Å². The molecule has 0 saturated carbocycles. The van der Waals surface area contributed by atoms with Crippen LogP contribution in [0.25, 0.3) is 0 Å². The van der Waals surface area contributed by atoms with Crippen molar-refractivity contribution in [3.05, 3.63) is 33.7 Å². The van der Waals surface area contributed by atoms with Gasteiger partial charge < -0.3 is 10.3 Å². The van der Waals surface area contributed by atoms with Gasteiger partial charge in [-0.2, -0.15) is 0 Å². The zero-order chi connectivity index (χ0) is 12.1. The fourth-order valence-corrected chi connectivity index (χ4v) is 1.32. The van der Waals surface area contributed by atoms with Crippen LogP contribution in [-0.4, -0.2) is 17.4 Å². The molecule has 0 aliphatic heterocycles. The van der Waals surface area contributed by atoms with E-state index in [1.165, 1.54) is 0 Å². The molecule has 16 heavy (non-hydrogen) atoms. The molecule has 2 N–H and O–H groups in total. The molecular weight excluding hydrogens is 204 g/mol. The van der Waals surface area contributed by atoms with Gasteiger partial charge in [-0.3, -0.25) is 9.59 Å². The molecule has 4 heteroatoms. The van der Waals surface area contributed by atoms with E-state index in [-0.39, 0.29) is 17.0 Å². The van der Waals surface area contributed by atoms with Crippen molar-refractivity contribution in [2.24, 2.45) is 5.92 Å².